The number of ether oxygens (including phenoxy) is 3. The summed E-state index contributed by atoms with van der Waals surface area (Å²) in [7, 11) is 1.72. The van der Waals surface area contributed by atoms with E-state index in [0.717, 1.165) is 5.69 Å². The van der Waals surface area contributed by atoms with Crippen molar-refractivity contribution in [3.63, 3.8) is 0 Å². The lowest BCUT2D eigenvalue weighted by molar-refractivity contribution is -0.213. The number of hydrogen-bond acceptors (Lipinski definition) is 9. The normalized spacial score (nSPS) is 12.7. The van der Waals surface area contributed by atoms with Crippen LogP contribution in [0.1, 0.15) is 31.9 Å². The highest BCUT2D eigenvalue weighted by molar-refractivity contribution is 5.95. The van der Waals surface area contributed by atoms with Gasteiger partial charge in [0.2, 0.25) is 0 Å². The second kappa shape index (κ2) is 13.6. The molecule has 1 unspecified atom stereocenters. The van der Waals surface area contributed by atoms with E-state index in [1.165, 1.54) is 30.5 Å². The van der Waals surface area contributed by atoms with E-state index < -0.39 is 23.8 Å². The molecule has 45 heavy (non-hydrogen) atoms. The number of fused-ring (bicyclic) bond motifs is 1. The third-order valence-electron chi connectivity index (χ3n) is 6.59. The molecule has 238 valence electrons. The first kappa shape index (κ1) is 32.7. The summed E-state index contributed by atoms with van der Waals surface area (Å²) in [5.74, 6) is -3.02. The second-order valence-electron chi connectivity index (χ2n) is 10.2. The minimum Gasteiger partial charge on any atom is -0.490 e. The van der Waals surface area contributed by atoms with Crippen molar-refractivity contribution in [2.75, 3.05) is 30.0 Å². The fraction of sp³-hybridized carbons (Fsp3) is 0.281. The molecule has 0 saturated carbocycles. The number of alkyl halides is 3. The molecule has 1 heterocycles. The van der Waals surface area contributed by atoms with Crippen LogP contribution in [0.3, 0.4) is 0 Å². The molecule has 4 rings (SSSR count). The van der Waals surface area contributed by atoms with Gasteiger partial charge in [0.1, 0.15) is 5.82 Å². The Morgan fingerprint density at radius 2 is 1.76 bits per heavy atom. The van der Waals surface area contributed by atoms with E-state index in [-0.39, 0.29) is 47.8 Å². The summed E-state index contributed by atoms with van der Waals surface area (Å²) in [5.41, 5.74) is 4.62. The molecule has 1 aromatic heterocycles. The number of benzene rings is 3. The molecule has 5 N–H and O–H groups in total. The fourth-order valence-electron chi connectivity index (χ4n) is 4.56. The lowest BCUT2D eigenvalue weighted by atomic mass is 9.99. The average Bonchev–Trinajstić information content (AvgIpc) is 3.00. The van der Waals surface area contributed by atoms with E-state index in [2.05, 4.69) is 20.9 Å². The molecule has 0 aliphatic rings. The van der Waals surface area contributed by atoms with Crippen LogP contribution in [0.15, 0.2) is 72.9 Å². The van der Waals surface area contributed by atoms with Gasteiger partial charge in [0.05, 0.1) is 12.7 Å². The summed E-state index contributed by atoms with van der Waals surface area (Å²) in [6, 6.07) is 17.4. The van der Waals surface area contributed by atoms with Crippen LogP contribution in [-0.4, -0.2) is 42.8 Å². The van der Waals surface area contributed by atoms with Crippen LogP contribution in [-0.2, 0) is 26.6 Å². The zero-order chi connectivity index (χ0) is 32.8. The summed E-state index contributed by atoms with van der Waals surface area (Å²) in [5, 5.41) is 9.55. The van der Waals surface area contributed by atoms with Crippen LogP contribution in [0, 0.1) is 0 Å². The van der Waals surface area contributed by atoms with E-state index in [1.54, 1.807) is 70.3 Å². The van der Waals surface area contributed by atoms with E-state index in [4.69, 9.17) is 19.9 Å². The standard InChI is InChI=1S/C32H34F3N5O5/c1-5-43-27-17-22(9-12-26(27)44-19(2)3)31(45-30(42)32(33,34)35,29(41)39-18-20-7-6-8-23(15-20)37-4)40-24-10-11-25-21(16-24)13-14-38-28(25)36/h6-17,19,37,40H,5,18H2,1-4H3,(H2,36,38)(H,39,41). The number of nitrogens with two attached hydrogens (primary N) is 1. The minimum absolute atomic E-state index is 0.103. The molecule has 0 fully saturated rings. The topological polar surface area (TPSA) is 137 Å². The number of nitrogens with zero attached hydrogens (tertiary/aromatic N) is 1. The van der Waals surface area contributed by atoms with Crippen LogP contribution in [0.25, 0.3) is 10.8 Å². The van der Waals surface area contributed by atoms with Crippen molar-refractivity contribution in [3.05, 3.63) is 84.1 Å². The molecule has 0 spiro atoms. The Morgan fingerprint density at radius 1 is 0.978 bits per heavy atom. The van der Waals surface area contributed by atoms with E-state index in [9.17, 15) is 22.8 Å². The lowest BCUT2D eigenvalue weighted by Gasteiger charge is -2.34. The molecular weight excluding hydrogens is 591 g/mol. The third-order valence-corrected chi connectivity index (χ3v) is 6.59. The molecule has 1 atom stereocenters. The Kier molecular flexibility index (Phi) is 9.90. The number of rotatable bonds is 12. The van der Waals surface area contributed by atoms with Crippen molar-refractivity contribution in [3.8, 4) is 11.5 Å². The first-order chi connectivity index (χ1) is 21.4. The smallest absolute Gasteiger partial charge is 0.490 e. The van der Waals surface area contributed by atoms with Crippen molar-refractivity contribution < 1.29 is 37.0 Å². The number of pyridine rings is 1. The van der Waals surface area contributed by atoms with Crippen LogP contribution in [0.2, 0.25) is 0 Å². The van der Waals surface area contributed by atoms with Crippen molar-refractivity contribution in [1.82, 2.24) is 10.3 Å². The quantitative estimate of drug-likeness (QED) is 0.115. The number of aromatic nitrogens is 1. The summed E-state index contributed by atoms with van der Waals surface area (Å²) in [6.07, 6.45) is -4.23. The Hall–Kier alpha value is -5.20. The van der Waals surface area contributed by atoms with Gasteiger partial charge in [-0.3, -0.25) is 4.79 Å². The highest BCUT2D eigenvalue weighted by Gasteiger charge is 2.52. The second-order valence-corrected chi connectivity index (χ2v) is 10.2. The molecular formula is C32H34F3N5O5. The van der Waals surface area contributed by atoms with Crippen molar-refractivity contribution in [1.29, 1.82) is 0 Å². The molecule has 4 aromatic rings. The number of halogens is 3. The van der Waals surface area contributed by atoms with Gasteiger partial charge in [-0.1, -0.05) is 12.1 Å². The minimum atomic E-state index is -5.43. The van der Waals surface area contributed by atoms with Gasteiger partial charge in [-0.25, -0.2) is 9.78 Å². The maximum absolute atomic E-state index is 14.2. The molecule has 10 nitrogen and oxygen atoms in total. The number of amides is 1. The number of hydrogen-bond donors (Lipinski definition) is 4. The van der Waals surface area contributed by atoms with Gasteiger partial charge in [-0.05, 0) is 86.3 Å². The first-order valence-corrected chi connectivity index (χ1v) is 14.1. The fourth-order valence-corrected chi connectivity index (χ4v) is 4.56. The molecule has 0 aliphatic heterocycles. The van der Waals surface area contributed by atoms with Gasteiger partial charge < -0.3 is 35.9 Å². The largest absolute Gasteiger partial charge is 0.491 e. The van der Waals surface area contributed by atoms with E-state index in [0.29, 0.717) is 16.3 Å². The van der Waals surface area contributed by atoms with Gasteiger partial charge >= 0.3 is 12.1 Å². The van der Waals surface area contributed by atoms with Gasteiger partial charge in [0, 0.05) is 42.1 Å². The van der Waals surface area contributed by atoms with Gasteiger partial charge in [0.25, 0.3) is 11.6 Å². The number of nitrogens with one attached hydrogen (secondary N) is 3. The third kappa shape index (κ3) is 7.66. The van der Waals surface area contributed by atoms with E-state index >= 15 is 0 Å². The lowest BCUT2D eigenvalue weighted by Crippen LogP contribution is -2.54. The summed E-state index contributed by atoms with van der Waals surface area (Å²) >= 11 is 0. The zero-order valence-electron chi connectivity index (χ0n) is 25.1. The Balaban J connectivity index is 1.89. The maximum atomic E-state index is 14.2. The molecule has 1 amide bonds. The van der Waals surface area contributed by atoms with Crippen molar-refractivity contribution in [2.45, 2.75) is 45.3 Å². The maximum Gasteiger partial charge on any atom is 0.491 e. The predicted molar refractivity (Wildman–Crippen MR) is 165 cm³/mol. The Morgan fingerprint density at radius 3 is 2.44 bits per heavy atom. The summed E-state index contributed by atoms with van der Waals surface area (Å²) in [4.78, 5) is 30.7. The number of esters is 1. The van der Waals surface area contributed by atoms with Crippen LogP contribution < -0.4 is 31.2 Å². The van der Waals surface area contributed by atoms with Crippen LogP contribution in [0.4, 0.5) is 30.4 Å². The highest BCUT2D eigenvalue weighted by Crippen LogP contribution is 2.38. The first-order valence-electron chi connectivity index (χ1n) is 14.1. The Bertz CT molecular complexity index is 1680. The van der Waals surface area contributed by atoms with E-state index in [1.807, 2.05) is 0 Å². The molecule has 0 radical (unpaired) electrons. The van der Waals surface area contributed by atoms with Crippen LogP contribution >= 0.6 is 0 Å². The molecule has 0 bridgehead atoms. The summed E-state index contributed by atoms with van der Waals surface area (Å²) in [6.45, 7) is 5.36. The van der Waals surface area contributed by atoms with Crippen molar-refractivity contribution in [2.24, 2.45) is 0 Å². The van der Waals surface area contributed by atoms with Crippen molar-refractivity contribution >= 4 is 39.8 Å². The van der Waals surface area contributed by atoms with Gasteiger partial charge in [-0.15, -0.1) is 0 Å². The monoisotopic (exact) mass is 625 g/mol. The zero-order valence-corrected chi connectivity index (χ0v) is 25.1. The Labute approximate surface area is 258 Å². The SMILES string of the molecule is CCOc1cc(C(Nc2ccc3c(N)nccc3c2)(OC(=O)C(F)(F)F)C(=O)NCc2cccc(NC)c2)ccc1OC(C)C. The molecule has 0 aliphatic carbocycles. The number of nitrogen functional groups attached to an aromatic ring is 1. The van der Waals surface area contributed by atoms with Crippen LogP contribution in [0.5, 0.6) is 11.5 Å². The number of carbonyl (C=O) groups excluding carboxylic acids is 2. The predicted octanol–water partition coefficient (Wildman–Crippen LogP) is 5.73. The molecule has 13 heteroatoms. The number of carbonyl (C=O) groups is 2. The van der Waals surface area contributed by atoms with Gasteiger partial charge in [0.15, 0.2) is 11.5 Å². The summed E-state index contributed by atoms with van der Waals surface area (Å²) < 4.78 is 58.0. The molecule has 0 saturated heterocycles. The highest BCUT2D eigenvalue weighted by atomic mass is 19.4. The average molecular weight is 626 g/mol. The van der Waals surface area contributed by atoms with Gasteiger partial charge in [-0.2, -0.15) is 13.2 Å². The number of anilines is 3. The molecule has 3 aromatic carbocycles.